The second-order valence-corrected chi connectivity index (χ2v) is 4.67. The average molecular weight is 274 g/mol. The molecule has 104 valence electrons. The predicted molar refractivity (Wildman–Crippen MR) is 62.7 cm³/mol. The van der Waals surface area contributed by atoms with Crippen LogP contribution < -0.4 is 5.56 Å². The lowest BCUT2D eigenvalue weighted by Crippen LogP contribution is -2.18. The van der Waals surface area contributed by atoms with Gasteiger partial charge in [-0.25, -0.2) is 9.97 Å². The van der Waals surface area contributed by atoms with E-state index in [2.05, 4.69) is 15.0 Å². The lowest BCUT2D eigenvalue weighted by Gasteiger charge is -2.13. The SMILES string of the molecule is CC(Cc1nc2c(ncn2C)c(=O)[nH]1)CC(F)(F)F. The van der Waals surface area contributed by atoms with Crippen molar-refractivity contribution in [3.8, 4) is 0 Å². The highest BCUT2D eigenvalue weighted by atomic mass is 19.4. The van der Waals surface area contributed by atoms with Crippen molar-refractivity contribution in [2.24, 2.45) is 13.0 Å². The van der Waals surface area contributed by atoms with Crippen LogP contribution >= 0.6 is 0 Å². The maximum absolute atomic E-state index is 12.2. The smallest absolute Gasteiger partial charge is 0.318 e. The van der Waals surface area contributed by atoms with Crippen molar-refractivity contribution in [2.75, 3.05) is 0 Å². The van der Waals surface area contributed by atoms with Gasteiger partial charge in [-0.3, -0.25) is 4.79 Å². The number of aryl methyl sites for hydroxylation is 1. The number of H-pyrrole nitrogens is 1. The molecule has 1 N–H and O–H groups in total. The number of fused-ring (bicyclic) bond motifs is 1. The van der Waals surface area contributed by atoms with Crippen molar-refractivity contribution < 1.29 is 13.2 Å². The molecule has 0 amide bonds. The van der Waals surface area contributed by atoms with Crippen LogP contribution in [0.15, 0.2) is 11.1 Å². The minimum Gasteiger partial charge on any atom is -0.318 e. The third-order valence-corrected chi connectivity index (χ3v) is 2.74. The zero-order valence-corrected chi connectivity index (χ0v) is 10.5. The first-order valence-electron chi connectivity index (χ1n) is 5.73. The zero-order valence-electron chi connectivity index (χ0n) is 10.5. The molecule has 1 atom stereocenters. The summed E-state index contributed by atoms with van der Waals surface area (Å²) >= 11 is 0. The number of alkyl halides is 3. The van der Waals surface area contributed by atoms with Gasteiger partial charge in [0, 0.05) is 19.9 Å². The van der Waals surface area contributed by atoms with Gasteiger partial charge < -0.3 is 9.55 Å². The summed E-state index contributed by atoms with van der Waals surface area (Å²) in [7, 11) is 1.67. The first-order valence-corrected chi connectivity index (χ1v) is 5.73. The van der Waals surface area contributed by atoms with Gasteiger partial charge in [0.2, 0.25) is 0 Å². The van der Waals surface area contributed by atoms with Gasteiger partial charge in [-0.1, -0.05) is 6.92 Å². The minimum absolute atomic E-state index is 0.0653. The molecule has 2 heterocycles. The fourth-order valence-corrected chi connectivity index (χ4v) is 1.96. The second-order valence-electron chi connectivity index (χ2n) is 4.67. The number of hydrogen-bond acceptors (Lipinski definition) is 3. The molecule has 0 fully saturated rings. The van der Waals surface area contributed by atoms with Crippen molar-refractivity contribution in [1.29, 1.82) is 0 Å². The summed E-state index contributed by atoms with van der Waals surface area (Å²) in [6.07, 6.45) is -3.61. The molecule has 0 radical (unpaired) electrons. The summed E-state index contributed by atoms with van der Waals surface area (Å²) in [5.74, 6) is -0.397. The summed E-state index contributed by atoms with van der Waals surface area (Å²) in [5, 5.41) is 0. The molecule has 2 rings (SSSR count). The summed E-state index contributed by atoms with van der Waals surface area (Å²) < 4.78 is 38.3. The van der Waals surface area contributed by atoms with Crippen molar-refractivity contribution in [2.45, 2.75) is 25.9 Å². The van der Waals surface area contributed by atoms with E-state index in [1.807, 2.05) is 0 Å². The lowest BCUT2D eigenvalue weighted by molar-refractivity contribution is -0.143. The van der Waals surface area contributed by atoms with Gasteiger partial charge in [0.25, 0.3) is 5.56 Å². The van der Waals surface area contributed by atoms with E-state index in [1.54, 1.807) is 11.6 Å². The molecule has 0 aliphatic rings. The molecule has 0 spiro atoms. The molecule has 2 aromatic heterocycles. The number of nitrogens with zero attached hydrogens (tertiary/aromatic N) is 3. The molecule has 2 aromatic rings. The molecule has 5 nitrogen and oxygen atoms in total. The summed E-state index contributed by atoms with van der Waals surface area (Å²) in [4.78, 5) is 22.2. The maximum atomic E-state index is 12.2. The first-order chi connectivity index (χ1) is 8.76. The Bertz CT molecular complexity index is 643. The van der Waals surface area contributed by atoms with Crippen LogP contribution in [0.2, 0.25) is 0 Å². The Morgan fingerprint density at radius 2 is 2.16 bits per heavy atom. The molecule has 0 aliphatic heterocycles. The van der Waals surface area contributed by atoms with E-state index in [1.165, 1.54) is 13.3 Å². The van der Waals surface area contributed by atoms with Crippen molar-refractivity contribution in [3.05, 3.63) is 22.5 Å². The third kappa shape index (κ3) is 3.12. The highest BCUT2D eigenvalue weighted by Crippen LogP contribution is 2.25. The molecule has 1 unspecified atom stereocenters. The van der Waals surface area contributed by atoms with E-state index in [9.17, 15) is 18.0 Å². The van der Waals surface area contributed by atoms with Crippen molar-refractivity contribution in [1.82, 2.24) is 19.5 Å². The van der Waals surface area contributed by atoms with Gasteiger partial charge in [-0.2, -0.15) is 13.2 Å². The Hall–Kier alpha value is -1.86. The van der Waals surface area contributed by atoms with E-state index in [4.69, 9.17) is 0 Å². The van der Waals surface area contributed by atoms with Gasteiger partial charge >= 0.3 is 6.18 Å². The Labute approximate surface area is 106 Å². The first kappa shape index (κ1) is 13.6. The zero-order chi connectivity index (χ0) is 14.2. The van der Waals surface area contributed by atoms with Crippen LogP contribution in [-0.2, 0) is 13.5 Å². The highest BCUT2D eigenvalue weighted by molar-refractivity contribution is 5.68. The predicted octanol–water partition coefficient (Wildman–Crippen LogP) is 1.79. The van der Waals surface area contributed by atoms with Crippen LogP contribution in [0.4, 0.5) is 13.2 Å². The normalized spacial score (nSPS) is 13.9. The fourth-order valence-electron chi connectivity index (χ4n) is 1.96. The fraction of sp³-hybridized carbons (Fsp3) is 0.545. The average Bonchev–Trinajstić information content (AvgIpc) is 2.58. The van der Waals surface area contributed by atoms with Crippen molar-refractivity contribution in [3.63, 3.8) is 0 Å². The number of aromatic amines is 1. The van der Waals surface area contributed by atoms with Crippen LogP contribution in [0, 0.1) is 5.92 Å². The Balaban J connectivity index is 2.26. The Morgan fingerprint density at radius 1 is 1.47 bits per heavy atom. The number of halogens is 3. The molecule has 8 heteroatoms. The Morgan fingerprint density at radius 3 is 2.79 bits per heavy atom. The van der Waals surface area contributed by atoms with Gasteiger partial charge in [-0.15, -0.1) is 0 Å². The summed E-state index contributed by atoms with van der Waals surface area (Å²) in [6.45, 7) is 1.47. The maximum Gasteiger partial charge on any atom is 0.389 e. The van der Waals surface area contributed by atoms with Crippen LogP contribution in [0.3, 0.4) is 0 Å². The van der Waals surface area contributed by atoms with E-state index in [0.29, 0.717) is 5.65 Å². The largest absolute Gasteiger partial charge is 0.389 e. The molecule has 0 saturated carbocycles. The van der Waals surface area contributed by atoms with E-state index < -0.39 is 24.1 Å². The number of rotatable bonds is 3. The molecule has 0 saturated heterocycles. The highest BCUT2D eigenvalue weighted by Gasteiger charge is 2.30. The Kier molecular flexibility index (Phi) is 3.34. The number of aromatic nitrogens is 4. The number of imidazole rings is 1. The molecule has 0 aromatic carbocycles. The molecule has 0 aliphatic carbocycles. The monoisotopic (exact) mass is 274 g/mol. The van der Waals surface area contributed by atoms with Crippen LogP contribution in [0.5, 0.6) is 0 Å². The summed E-state index contributed by atoms with van der Waals surface area (Å²) in [5.41, 5.74) is 0.132. The third-order valence-electron chi connectivity index (χ3n) is 2.74. The van der Waals surface area contributed by atoms with E-state index in [0.717, 1.165) is 0 Å². The molecular weight excluding hydrogens is 261 g/mol. The van der Waals surface area contributed by atoms with Gasteiger partial charge in [0.1, 0.15) is 5.82 Å². The van der Waals surface area contributed by atoms with Gasteiger partial charge in [0.05, 0.1) is 6.33 Å². The quantitative estimate of drug-likeness (QED) is 0.928. The van der Waals surface area contributed by atoms with Crippen molar-refractivity contribution >= 4 is 11.2 Å². The minimum atomic E-state index is -4.21. The standard InChI is InChI=1S/C11H13F3N4O/c1-6(4-11(12,13)14)3-7-16-9-8(10(19)17-7)15-5-18(9)2/h5-6H,3-4H2,1-2H3,(H,16,17,19). The van der Waals surface area contributed by atoms with Crippen LogP contribution in [0.1, 0.15) is 19.2 Å². The van der Waals surface area contributed by atoms with E-state index >= 15 is 0 Å². The van der Waals surface area contributed by atoms with Gasteiger partial charge in [0.15, 0.2) is 11.2 Å². The van der Waals surface area contributed by atoms with Crippen LogP contribution in [-0.4, -0.2) is 25.7 Å². The topological polar surface area (TPSA) is 63.6 Å². The van der Waals surface area contributed by atoms with Gasteiger partial charge in [-0.05, 0) is 5.92 Å². The number of nitrogens with one attached hydrogen (secondary N) is 1. The summed E-state index contributed by atoms with van der Waals surface area (Å²) in [6, 6.07) is 0. The number of hydrogen-bond donors (Lipinski definition) is 1. The molecule has 19 heavy (non-hydrogen) atoms. The lowest BCUT2D eigenvalue weighted by atomic mass is 10.0. The second kappa shape index (κ2) is 4.67. The van der Waals surface area contributed by atoms with E-state index in [-0.39, 0.29) is 17.8 Å². The molecule has 0 bridgehead atoms. The molecular formula is C11H13F3N4O. The van der Waals surface area contributed by atoms with Crippen LogP contribution in [0.25, 0.3) is 11.2 Å².